The first-order valence-electron chi connectivity index (χ1n) is 9.73. The van der Waals surface area contributed by atoms with E-state index in [-0.39, 0.29) is 5.91 Å². The zero-order valence-corrected chi connectivity index (χ0v) is 16.7. The third-order valence-electron chi connectivity index (χ3n) is 5.18. The number of aryl methyl sites for hydroxylation is 2. The second-order valence-corrected chi connectivity index (χ2v) is 7.16. The molecule has 7 heteroatoms. The minimum atomic E-state index is -0.0730. The predicted molar refractivity (Wildman–Crippen MR) is 114 cm³/mol. The van der Waals surface area contributed by atoms with Crippen molar-refractivity contribution in [3.63, 3.8) is 0 Å². The van der Waals surface area contributed by atoms with E-state index in [0.717, 1.165) is 24.6 Å². The Kier molecular flexibility index (Phi) is 5.37. The van der Waals surface area contributed by atoms with Gasteiger partial charge in [-0.25, -0.2) is 15.0 Å². The lowest BCUT2D eigenvalue weighted by atomic mass is 10.1. The van der Waals surface area contributed by atoms with E-state index in [2.05, 4.69) is 39.0 Å². The minimum absolute atomic E-state index is 0.0730. The van der Waals surface area contributed by atoms with Crippen molar-refractivity contribution in [1.29, 1.82) is 0 Å². The molecule has 3 heterocycles. The summed E-state index contributed by atoms with van der Waals surface area (Å²) >= 11 is 0. The zero-order valence-electron chi connectivity index (χ0n) is 16.7. The topological polar surface area (TPSA) is 74.2 Å². The van der Waals surface area contributed by atoms with Gasteiger partial charge in [-0.2, -0.15) is 0 Å². The van der Waals surface area contributed by atoms with E-state index in [1.165, 1.54) is 11.1 Å². The van der Waals surface area contributed by atoms with Crippen LogP contribution in [0, 0.1) is 13.8 Å². The summed E-state index contributed by atoms with van der Waals surface area (Å²) in [7, 11) is 0. The molecule has 1 fully saturated rings. The molecule has 1 N–H and O–H groups in total. The van der Waals surface area contributed by atoms with Crippen LogP contribution in [0.3, 0.4) is 0 Å². The average molecular weight is 388 g/mol. The van der Waals surface area contributed by atoms with E-state index in [9.17, 15) is 4.79 Å². The van der Waals surface area contributed by atoms with Gasteiger partial charge in [0, 0.05) is 44.3 Å². The Labute approximate surface area is 170 Å². The van der Waals surface area contributed by atoms with Crippen molar-refractivity contribution in [2.24, 2.45) is 0 Å². The smallest absolute Gasteiger partial charge is 0.272 e. The largest absolute Gasteiger partial charge is 0.353 e. The Morgan fingerprint density at radius 1 is 0.931 bits per heavy atom. The predicted octanol–water partition coefficient (Wildman–Crippen LogP) is 3.19. The Hall–Kier alpha value is -3.48. The van der Waals surface area contributed by atoms with E-state index in [4.69, 9.17) is 0 Å². The van der Waals surface area contributed by atoms with E-state index >= 15 is 0 Å². The van der Waals surface area contributed by atoms with E-state index < -0.39 is 0 Å². The molecule has 1 saturated heterocycles. The molecule has 148 valence electrons. The highest BCUT2D eigenvalue weighted by Crippen LogP contribution is 2.18. The lowest BCUT2D eigenvalue weighted by Crippen LogP contribution is -2.49. The molecular weight excluding hydrogens is 364 g/mol. The normalized spacial score (nSPS) is 14.0. The SMILES string of the molecule is Cc1ccc(Nc2nccc(C(=O)N3CCN(c4ccccn4)CC3)n2)cc1C. The van der Waals surface area contributed by atoms with Gasteiger partial charge < -0.3 is 15.1 Å². The highest BCUT2D eigenvalue weighted by atomic mass is 16.2. The second kappa shape index (κ2) is 8.26. The van der Waals surface area contributed by atoms with Crippen molar-refractivity contribution >= 4 is 23.4 Å². The molecule has 1 aliphatic heterocycles. The van der Waals surface area contributed by atoms with Gasteiger partial charge in [-0.15, -0.1) is 0 Å². The van der Waals surface area contributed by atoms with Crippen LogP contribution in [0.4, 0.5) is 17.5 Å². The fraction of sp³-hybridized carbons (Fsp3) is 0.273. The van der Waals surface area contributed by atoms with Crippen molar-refractivity contribution in [2.75, 3.05) is 36.4 Å². The Bertz CT molecular complexity index is 999. The quantitative estimate of drug-likeness (QED) is 0.740. The molecule has 1 amide bonds. The van der Waals surface area contributed by atoms with Gasteiger partial charge >= 0.3 is 0 Å². The Balaban J connectivity index is 1.41. The van der Waals surface area contributed by atoms with Crippen LogP contribution >= 0.6 is 0 Å². The number of amides is 1. The Morgan fingerprint density at radius 3 is 2.48 bits per heavy atom. The maximum atomic E-state index is 12.9. The number of rotatable bonds is 4. The van der Waals surface area contributed by atoms with Gasteiger partial charge in [0.05, 0.1) is 0 Å². The van der Waals surface area contributed by atoms with Crippen LogP contribution in [0.2, 0.25) is 0 Å². The molecule has 0 aliphatic carbocycles. The first kappa shape index (κ1) is 18.9. The summed E-state index contributed by atoms with van der Waals surface area (Å²) in [5, 5.41) is 3.19. The number of benzene rings is 1. The van der Waals surface area contributed by atoms with Crippen LogP contribution in [-0.2, 0) is 0 Å². The van der Waals surface area contributed by atoms with Gasteiger partial charge in [0.1, 0.15) is 11.5 Å². The number of hydrogen-bond acceptors (Lipinski definition) is 6. The van der Waals surface area contributed by atoms with Crippen LogP contribution in [0.1, 0.15) is 21.6 Å². The summed E-state index contributed by atoms with van der Waals surface area (Å²) in [5.74, 6) is 1.30. The summed E-state index contributed by atoms with van der Waals surface area (Å²) in [5.41, 5.74) is 3.72. The summed E-state index contributed by atoms with van der Waals surface area (Å²) < 4.78 is 0. The molecule has 2 aromatic heterocycles. The third-order valence-corrected chi connectivity index (χ3v) is 5.18. The highest BCUT2D eigenvalue weighted by Gasteiger charge is 2.23. The van der Waals surface area contributed by atoms with Gasteiger partial charge in [-0.1, -0.05) is 12.1 Å². The number of carbonyl (C=O) groups is 1. The number of piperazine rings is 1. The van der Waals surface area contributed by atoms with Crippen molar-refractivity contribution in [3.05, 3.63) is 71.7 Å². The number of nitrogens with one attached hydrogen (secondary N) is 1. The number of anilines is 3. The van der Waals surface area contributed by atoms with Crippen molar-refractivity contribution in [2.45, 2.75) is 13.8 Å². The van der Waals surface area contributed by atoms with Gasteiger partial charge in [0.25, 0.3) is 5.91 Å². The van der Waals surface area contributed by atoms with E-state index in [1.807, 2.05) is 41.3 Å². The number of aromatic nitrogens is 3. The summed E-state index contributed by atoms with van der Waals surface area (Å²) in [6.07, 6.45) is 3.41. The van der Waals surface area contributed by atoms with Gasteiger partial charge in [-0.05, 0) is 55.3 Å². The monoisotopic (exact) mass is 388 g/mol. The first-order valence-corrected chi connectivity index (χ1v) is 9.73. The molecule has 7 nitrogen and oxygen atoms in total. The Morgan fingerprint density at radius 2 is 1.76 bits per heavy atom. The zero-order chi connectivity index (χ0) is 20.2. The summed E-state index contributed by atoms with van der Waals surface area (Å²) in [6, 6.07) is 13.6. The molecule has 0 bridgehead atoms. The van der Waals surface area contributed by atoms with Crippen molar-refractivity contribution in [1.82, 2.24) is 19.9 Å². The minimum Gasteiger partial charge on any atom is -0.353 e. The lowest BCUT2D eigenvalue weighted by molar-refractivity contribution is 0.0740. The van der Waals surface area contributed by atoms with Gasteiger partial charge in [0.15, 0.2) is 0 Å². The fourth-order valence-electron chi connectivity index (χ4n) is 3.33. The van der Waals surface area contributed by atoms with Crippen molar-refractivity contribution in [3.8, 4) is 0 Å². The van der Waals surface area contributed by atoms with Crippen LogP contribution < -0.4 is 10.2 Å². The molecule has 1 aliphatic rings. The van der Waals surface area contributed by atoms with Crippen molar-refractivity contribution < 1.29 is 4.79 Å². The molecule has 0 unspecified atom stereocenters. The van der Waals surface area contributed by atoms with E-state index in [0.29, 0.717) is 24.7 Å². The van der Waals surface area contributed by atoms with Crippen LogP contribution in [0.15, 0.2) is 54.9 Å². The molecular formula is C22H24N6O. The fourth-order valence-corrected chi connectivity index (χ4v) is 3.33. The van der Waals surface area contributed by atoms with Gasteiger partial charge in [0.2, 0.25) is 5.95 Å². The molecule has 0 spiro atoms. The first-order chi connectivity index (χ1) is 14.1. The standard InChI is InChI=1S/C22H24N6O/c1-16-6-7-18(15-17(16)2)25-22-24-10-8-19(26-22)21(29)28-13-11-27(12-14-28)20-5-3-4-9-23-20/h3-10,15H,11-14H2,1-2H3,(H,24,25,26). The maximum absolute atomic E-state index is 12.9. The van der Waals surface area contributed by atoms with Crippen LogP contribution in [-0.4, -0.2) is 51.9 Å². The number of nitrogens with zero attached hydrogens (tertiary/aromatic N) is 5. The molecule has 0 radical (unpaired) electrons. The third kappa shape index (κ3) is 4.34. The lowest BCUT2D eigenvalue weighted by Gasteiger charge is -2.35. The number of pyridine rings is 1. The summed E-state index contributed by atoms with van der Waals surface area (Å²) in [6.45, 7) is 6.91. The molecule has 3 aromatic rings. The van der Waals surface area contributed by atoms with Crippen LogP contribution in [0.5, 0.6) is 0 Å². The average Bonchev–Trinajstić information content (AvgIpc) is 2.77. The van der Waals surface area contributed by atoms with Crippen LogP contribution in [0.25, 0.3) is 0 Å². The number of carbonyl (C=O) groups excluding carboxylic acids is 1. The molecule has 4 rings (SSSR count). The molecule has 0 atom stereocenters. The number of hydrogen-bond donors (Lipinski definition) is 1. The second-order valence-electron chi connectivity index (χ2n) is 7.16. The molecule has 29 heavy (non-hydrogen) atoms. The highest BCUT2D eigenvalue weighted by molar-refractivity contribution is 5.92. The van der Waals surface area contributed by atoms with Gasteiger partial charge in [-0.3, -0.25) is 4.79 Å². The molecule has 1 aromatic carbocycles. The van der Waals surface area contributed by atoms with E-state index in [1.54, 1.807) is 18.5 Å². The maximum Gasteiger partial charge on any atom is 0.272 e. The summed E-state index contributed by atoms with van der Waals surface area (Å²) in [4.78, 5) is 30.0. The molecule has 0 saturated carbocycles.